The number of carbonyl (C=O) groups excluding carboxylic acids is 2. The van der Waals surface area contributed by atoms with Gasteiger partial charge in [0.1, 0.15) is 5.82 Å². The molecular weight excluding hydrogens is 405 g/mol. The van der Waals surface area contributed by atoms with E-state index in [1.807, 2.05) is 6.92 Å². The molecule has 9 heteroatoms. The lowest BCUT2D eigenvalue weighted by molar-refractivity contribution is -0.124. The first-order valence-electron chi connectivity index (χ1n) is 10.2. The Labute approximate surface area is 180 Å². The third-order valence-electron chi connectivity index (χ3n) is 5.25. The molecule has 0 spiro atoms. The zero-order valence-corrected chi connectivity index (χ0v) is 18.2. The van der Waals surface area contributed by atoms with Gasteiger partial charge in [0.05, 0.1) is 6.04 Å². The molecule has 0 aliphatic carbocycles. The molecule has 1 aromatic carbocycles. The van der Waals surface area contributed by atoms with Crippen LogP contribution in [0.5, 0.6) is 0 Å². The van der Waals surface area contributed by atoms with Crippen LogP contribution in [0.15, 0.2) is 29.8 Å². The number of thiazole rings is 1. The average Bonchev–Trinajstić information content (AvgIpc) is 3.25. The molecule has 1 fully saturated rings. The standard InChI is InChI=1S/C21H28FN5O2S/c1-3-26-9-11-27(12-10-26)18-5-4-16(22)14-17(18)15(2)24-19(28)6-7-20(29)25-21-23-8-13-30-21/h4-5,8,13-15H,3,6-7,9-12H2,1-2H3,(H,24,28)(H,23,25,29). The van der Waals surface area contributed by atoms with Crippen molar-refractivity contribution in [1.29, 1.82) is 0 Å². The molecule has 1 aliphatic heterocycles. The Morgan fingerprint density at radius 3 is 2.60 bits per heavy atom. The van der Waals surface area contributed by atoms with Crippen LogP contribution in [0.1, 0.15) is 38.3 Å². The fourth-order valence-corrected chi connectivity index (χ4v) is 4.10. The predicted molar refractivity (Wildman–Crippen MR) is 117 cm³/mol. The number of halogens is 1. The number of likely N-dealkylation sites (N-methyl/N-ethyl adjacent to an activating group) is 1. The summed E-state index contributed by atoms with van der Waals surface area (Å²) < 4.78 is 14.0. The van der Waals surface area contributed by atoms with Gasteiger partial charge >= 0.3 is 0 Å². The second-order valence-corrected chi connectivity index (χ2v) is 8.19. The summed E-state index contributed by atoms with van der Waals surface area (Å²) in [5.74, 6) is -0.833. The van der Waals surface area contributed by atoms with E-state index in [-0.39, 0.29) is 36.5 Å². The highest BCUT2D eigenvalue weighted by Gasteiger charge is 2.22. The minimum Gasteiger partial charge on any atom is -0.369 e. The van der Waals surface area contributed by atoms with Gasteiger partial charge in [-0.1, -0.05) is 6.92 Å². The van der Waals surface area contributed by atoms with Crippen LogP contribution in [0.3, 0.4) is 0 Å². The van der Waals surface area contributed by atoms with Gasteiger partial charge in [0.15, 0.2) is 5.13 Å². The molecule has 7 nitrogen and oxygen atoms in total. The van der Waals surface area contributed by atoms with Gasteiger partial charge in [-0.25, -0.2) is 9.37 Å². The summed E-state index contributed by atoms with van der Waals surface area (Å²) in [4.78, 5) is 32.9. The van der Waals surface area contributed by atoms with Crippen LogP contribution in [0.25, 0.3) is 0 Å². The van der Waals surface area contributed by atoms with E-state index in [0.717, 1.165) is 44.0 Å². The molecule has 162 valence electrons. The van der Waals surface area contributed by atoms with Crippen molar-refractivity contribution in [3.63, 3.8) is 0 Å². The molecule has 0 saturated carbocycles. The van der Waals surface area contributed by atoms with Crippen LogP contribution in [-0.2, 0) is 9.59 Å². The van der Waals surface area contributed by atoms with Crippen molar-refractivity contribution < 1.29 is 14.0 Å². The molecule has 1 saturated heterocycles. The number of hydrogen-bond donors (Lipinski definition) is 2. The van der Waals surface area contributed by atoms with Gasteiger partial charge in [-0.2, -0.15) is 0 Å². The lowest BCUT2D eigenvalue weighted by atomic mass is 10.0. The second kappa shape index (κ2) is 10.5. The number of hydrogen-bond acceptors (Lipinski definition) is 6. The number of nitrogens with one attached hydrogen (secondary N) is 2. The van der Waals surface area contributed by atoms with Crippen LogP contribution in [-0.4, -0.2) is 54.4 Å². The minimum atomic E-state index is -0.366. The van der Waals surface area contributed by atoms with Crippen LogP contribution >= 0.6 is 11.3 Å². The summed E-state index contributed by atoms with van der Waals surface area (Å²) in [6, 6.07) is 4.37. The van der Waals surface area contributed by atoms with E-state index in [1.54, 1.807) is 17.6 Å². The van der Waals surface area contributed by atoms with Crippen molar-refractivity contribution in [3.05, 3.63) is 41.2 Å². The Hall–Kier alpha value is -2.52. The van der Waals surface area contributed by atoms with Gasteiger partial charge in [0, 0.05) is 61.8 Å². The number of nitrogens with zero attached hydrogens (tertiary/aromatic N) is 3. The van der Waals surface area contributed by atoms with Crippen molar-refractivity contribution in [2.24, 2.45) is 0 Å². The number of piperazine rings is 1. The average molecular weight is 434 g/mol. The molecule has 30 heavy (non-hydrogen) atoms. The summed E-state index contributed by atoms with van der Waals surface area (Å²) in [6.07, 6.45) is 1.72. The Morgan fingerprint density at radius 2 is 1.93 bits per heavy atom. The minimum absolute atomic E-state index is 0.0569. The SMILES string of the molecule is CCN1CCN(c2ccc(F)cc2C(C)NC(=O)CCC(=O)Nc2nccs2)CC1. The first-order valence-corrected chi connectivity index (χ1v) is 11.1. The second-order valence-electron chi connectivity index (χ2n) is 7.30. The van der Waals surface area contributed by atoms with E-state index in [9.17, 15) is 14.0 Å². The highest BCUT2D eigenvalue weighted by Crippen LogP contribution is 2.28. The van der Waals surface area contributed by atoms with Gasteiger partial charge in [-0.3, -0.25) is 9.59 Å². The van der Waals surface area contributed by atoms with Crippen LogP contribution in [0, 0.1) is 5.82 Å². The van der Waals surface area contributed by atoms with Crippen molar-refractivity contribution in [3.8, 4) is 0 Å². The number of rotatable bonds is 8. The molecule has 1 aromatic heterocycles. The topological polar surface area (TPSA) is 77.6 Å². The number of anilines is 2. The zero-order valence-electron chi connectivity index (χ0n) is 17.4. The van der Waals surface area contributed by atoms with Crippen molar-refractivity contribution in [2.45, 2.75) is 32.7 Å². The third kappa shape index (κ3) is 5.99. The molecule has 1 unspecified atom stereocenters. The summed E-state index contributed by atoms with van der Waals surface area (Å²) in [7, 11) is 0. The Kier molecular flexibility index (Phi) is 7.75. The fourth-order valence-electron chi connectivity index (χ4n) is 3.55. The molecule has 0 bridgehead atoms. The van der Waals surface area contributed by atoms with Gasteiger partial charge in [-0.15, -0.1) is 11.3 Å². The van der Waals surface area contributed by atoms with Gasteiger partial charge in [-0.05, 0) is 31.7 Å². The molecule has 1 aliphatic rings. The van der Waals surface area contributed by atoms with E-state index in [4.69, 9.17) is 0 Å². The quantitative estimate of drug-likeness (QED) is 0.669. The number of carbonyl (C=O) groups is 2. The normalized spacial score (nSPS) is 15.6. The maximum absolute atomic E-state index is 14.0. The smallest absolute Gasteiger partial charge is 0.226 e. The molecular formula is C21H28FN5O2S. The highest BCUT2D eigenvalue weighted by molar-refractivity contribution is 7.13. The van der Waals surface area contributed by atoms with Crippen LogP contribution < -0.4 is 15.5 Å². The predicted octanol–water partition coefficient (Wildman–Crippen LogP) is 3.02. The Morgan fingerprint density at radius 1 is 1.20 bits per heavy atom. The monoisotopic (exact) mass is 433 g/mol. The Bertz CT molecular complexity index is 853. The van der Waals surface area contributed by atoms with Gasteiger partial charge in [0.25, 0.3) is 0 Å². The lowest BCUT2D eigenvalue weighted by Crippen LogP contribution is -2.46. The van der Waals surface area contributed by atoms with Gasteiger partial charge < -0.3 is 20.4 Å². The maximum atomic E-state index is 14.0. The molecule has 1 atom stereocenters. The molecule has 2 amide bonds. The zero-order chi connectivity index (χ0) is 21.5. The number of benzene rings is 1. The first-order chi connectivity index (χ1) is 14.5. The van der Waals surface area contributed by atoms with Crippen LogP contribution in [0.2, 0.25) is 0 Å². The molecule has 3 rings (SSSR count). The van der Waals surface area contributed by atoms with E-state index < -0.39 is 0 Å². The van der Waals surface area contributed by atoms with Crippen molar-refractivity contribution in [2.75, 3.05) is 42.9 Å². The third-order valence-corrected chi connectivity index (χ3v) is 5.94. The number of aromatic nitrogens is 1. The van der Waals surface area contributed by atoms with E-state index in [0.29, 0.717) is 5.13 Å². The van der Waals surface area contributed by atoms with E-state index >= 15 is 0 Å². The van der Waals surface area contributed by atoms with Gasteiger partial charge in [0.2, 0.25) is 11.8 Å². The molecule has 2 aromatic rings. The van der Waals surface area contributed by atoms with Crippen molar-refractivity contribution >= 4 is 34.0 Å². The summed E-state index contributed by atoms with van der Waals surface area (Å²) in [5, 5.41) is 7.84. The van der Waals surface area contributed by atoms with Crippen LogP contribution in [0.4, 0.5) is 15.2 Å². The van der Waals surface area contributed by atoms with Crippen molar-refractivity contribution in [1.82, 2.24) is 15.2 Å². The lowest BCUT2D eigenvalue weighted by Gasteiger charge is -2.37. The highest BCUT2D eigenvalue weighted by atomic mass is 32.1. The van der Waals surface area contributed by atoms with E-state index in [1.165, 1.54) is 23.5 Å². The molecule has 0 radical (unpaired) electrons. The fraction of sp³-hybridized carbons (Fsp3) is 0.476. The summed E-state index contributed by atoms with van der Waals surface area (Å²) in [5.41, 5.74) is 1.70. The summed E-state index contributed by atoms with van der Waals surface area (Å²) >= 11 is 1.32. The maximum Gasteiger partial charge on any atom is 0.226 e. The summed E-state index contributed by atoms with van der Waals surface area (Å²) in [6.45, 7) is 8.66. The number of amides is 2. The largest absolute Gasteiger partial charge is 0.369 e. The Balaban J connectivity index is 1.57. The first kappa shape index (κ1) is 22.2. The molecule has 2 heterocycles. The molecule has 2 N–H and O–H groups in total. The van der Waals surface area contributed by atoms with E-state index in [2.05, 4.69) is 32.3 Å².